The zero-order chi connectivity index (χ0) is 18.6. The first kappa shape index (κ1) is 19.4. The quantitative estimate of drug-likeness (QED) is 0.648. The molecule has 0 saturated carbocycles. The predicted octanol–water partition coefficient (Wildman–Crippen LogP) is 4.51. The minimum atomic E-state index is -3.98. The van der Waals surface area contributed by atoms with Crippen molar-refractivity contribution >= 4 is 59.4 Å². The second kappa shape index (κ2) is 7.95. The Morgan fingerprint density at radius 3 is 2.36 bits per heavy atom. The van der Waals surface area contributed by atoms with Gasteiger partial charge in [0.1, 0.15) is 11.0 Å². The molecule has 1 amide bonds. The number of nitrogens with one attached hydrogen (secondary N) is 1. The Hall–Kier alpha value is -1.95. The predicted molar refractivity (Wildman–Crippen MR) is 103 cm³/mol. The number of rotatable bonds is 4. The van der Waals surface area contributed by atoms with E-state index in [1.165, 1.54) is 19.1 Å². The molecule has 0 aromatic heterocycles. The second-order valence-electron chi connectivity index (χ2n) is 5.00. The topological polar surface area (TPSA) is 87.0 Å². The molecule has 5 nitrogen and oxygen atoms in total. The summed E-state index contributed by atoms with van der Waals surface area (Å²) < 4.78 is 26.5. The molecule has 25 heavy (non-hydrogen) atoms. The molecule has 0 radical (unpaired) electrons. The fourth-order valence-corrected chi connectivity index (χ4v) is 4.64. The summed E-state index contributed by atoms with van der Waals surface area (Å²) in [7, 11) is -3.98. The molecule has 0 bridgehead atoms. The molecular weight excluding hydrogens is 472 g/mol. The van der Waals surface area contributed by atoms with Gasteiger partial charge in [0.25, 0.3) is 0 Å². The minimum Gasteiger partial charge on any atom is -0.326 e. The van der Waals surface area contributed by atoms with Crippen molar-refractivity contribution in [2.75, 3.05) is 5.32 Å². The Balaban J connectivity index is 2.44. The maximum absolute atomic E-state index is 12.8. The molecule has 0 spiro atoms. The molecule has 0 aliphatic heterocycles. The highest BCUT2D eigenvalue weighted by atomic mass is 79.9. The van der Waals surface area contributed by atoms with E-state index in [9.17, 15) is 18.5 Å². The van der Waals surface area contributed by atoms with Crippen LogP contribution in [0.15, 0.2) is 61.2 Å². The standard InChI is InChI=1S/C17H12Br2N2O3S/c1-11(22)21-14-5-2-12(3-6-14)8-15(10-20)25(23,24)17-9-13(18)4-7-16(17)19/h2-9H,1H3,(H,21,22)/b15-8+. The lowest BCUT2D eigenvalue weighted by Crippen LogP contribution is -2.05. The molecule has 2 aromatic carbocycles. The molecule has 0 unspecified atom stereocenters. The van der Waals surface area contributed by atoms with Crippen molar-refractivity contribution in [1.82, 2.24) is 0 Å². The van der Waals surface area contributed by atoms with Crippen molar-refractivity contribution in [2.45, 2.75) is 11.8 Å². The van der Waals surface area contributed by atoms with Gasteiger partial charge >= 0.3 is 0 Å². The lowest BCUT2D eigenvalue weighted by Gasteiger charge is -2.07. The smallest absolute Gasteiger partial charge is 0.221 e. The summed E-state index contributed by atoms with van der Waals surface area (Å²) in [6.45, 7) is 1.39. The van der Waals surface area contributed by atoms with Gasteiger partial charge in [0.2, 0.25) is 15.7 Å². The maximum atomic E-state index is 12.8. The molecule has 2 aromatic rings. The van der Waals surface area contributed by atoms with Crippen molar-refractivity contribution in [3.05, 3.63) is 61.9 Å². The first-order valence-electron chi connectivity index (χ1n) is 6.93. The molecule has 1 N–H and O–H groups in total. The molecule has 0 heterocycles. The summed E-state index contributed by atoms with van der Waals surface area (Å²) in [6, 6.07) is 13.0. The van der Waals surface area contributed by atoms with Gasteiger partial charge in [-0.05, 0) is 57.9 Å². The molecule has 0 saturated heterocycles. The summed E-state index contributed by atoms with van der Waals surface area (Å²) in [5.41, 5.74) is 1.11. The first-order valence-corrected chi connectivity index (χ1v) is 10.0. The van der Waals surface area contributed by atoms with Crippen LogP contribution >= 0.6 is 31.9 Å². The van der Waals surface area contributed by atoms with E-state index in [0.717, 1.165) is 0 Å². The van der Waals surface area contributed by atoms with Gasteiger partial charge in [0, 0.05) is 21.6 Å². The third kappa shape index (κ3) is 4.78. The Morgan fingerprint density at radius 1 is 1.16 bits per heavy atom. The number of halogens is 2. The van der Waals surface area contributed by atoms with E-state index in [1.54, 1.807) is 42.5 Å². The Labute approximate surface area is 162 Å². The summed E-state index contributed by atoms with van der Waals surface area (Å²) in [5, 5.41) is 12.0. The minimum absolute atomic E-state index is 0.00421. The van der Waals surface area contributed by atoms with Gasteiger partial charge in [-0.25, -0.2) is 8.42 Å². The normalized spacial score (nSPS) is 11.7. The molecular formula is C17H12Br2N2O3S. The second-order valence-corrected chi connectivity index (χ2v) is 8.66. The van der Waals surface area contributed by atoms with Crippen LogP contribution in [0, 0.1) is 11.3 Å². The van der Waals surface area contributed by atoms with Crippen LogP contribution in [0.3, 0.4) is 0 Å². The number of nitriles is 1. The van der Waals surface area contributed by atoms with Gasteiger partial charge in [-0.1, -0.05) is 28.1 Å². The molecule has 128 valence electrons. The van der Waals surface area contributed by atoms with E-state index in [0.29, 0.717) is 20.2 Å². The molecule has 8 heteroatoms. The average molecular weight is 484 g/mol. The summed E-state index contributed by atoms with van der Waals surface area (Å²) in [6.07, 6.45) is 1.29. The largest absolute Gasteiger partial charge is 0.326 e. The van der Waals surface area contributed by atoms with Crippen molar-refractivity contribution in [1.29, 1.82) is 5.26 Å². The van der Waals surface area contributed by atoms with E-state index >= 15 is 0 Å². The fourth-order valence-electron chi connectivity index (χ4n) is 1.99. The number of nitrogens with zero attached hydrogens (tertiary/aromatic N) is 1. The SMILES string of the molecule is CC(=O)Nc1ccc(/C=C(\C#N)S(=O)(=O)c2cc(Br)ccc2Br)cc1. The number of anilines is 1. The number of amides is 1. The van der Waals surface area contributed by atoms with Crippen LogP contribution in [-0.4, -0.2) is 14.3 Å². The van der Waals surface area contributed by atoms with Crippen molar-refractivity contribution in [3.8, 4) is 6.07 Å². The highest BCUT2D eigenvalue weighted by Crippen LogP contribution is 2.30. The zero-order valence-electron chi connectivity index (χ0n) is 13.0. The Bertz CT molecular complexity index is 992. The van der Waals surface area contributed by atoms with Crippen LogP contribution < -0.4 is 5.32 Å². The average Bonchev–Trinajstić information content (AvgIpc) is 2.55. The highest BCUT2D eigenvalue weighted by Gasteiger charge is 2.23. The molecule has 0 aliphatic carbocycles. The zero-order valence-corrected chi connectivity index (χ0v) is 16.9. The number of benzene rings is 2. The summed E-state index contributed by atoms with van der Waals surface area (Å²) in [5.74, 6) is -0.205. The number of allylic oxidation sites excluding steroid dienone is 1. The van der Waals surface area contributed by atoms with Crippen LogP contribution in [0.2, 0.25) is 0 Å². The van der Waals surface area contributed by atoms with E-state index in [4.69, 9.17) is 0 Å². The maximum Gasteiger partial charge on any atom is 0.221 e. The van der Waals surface area contributed by atoms with Gasteiger partial charge < -0.3 is 5.32 Å². The van der Waals surface area contributed by atoms with Crippen LogP contribution in [0.5, 0.6) is 0 Å². The van der Waals surface area contributed by atoms with E-state index in [2.05, 4.69) is 37.2 Å². The van der Waals surface area contributed by atoms with Gasteiger partial charge in [-0.3, -0.25) is 4.79 Å². The van der Waals surface area contributed by atoms with Crippen LogP contribution in [0.25, 0.3) is 6.08 Å². The summed E-state index contributed by atoms with van der Waals surface area (Å²) in [4.78, 5) is 10.6. The first-order chi connectivity index (χ1) is 11.7. The summed E-state index contributed by atoms with van der Waals surface area (Å²) >= 11 is 6.44. The van der Waals surface area contributed by atoms with E-state index < -0.39 is 9.84 Å². The number of carbonyl (C=O) groups is 1. The van der Waals surface area contributed by atoms with Gasteiger partial charge in [0.15, 0.2) is 0 Å². The van der Waals surface area contributed by atoms with Crippen molar-refractivity contribution in [2.24, 2.45) is 0 Å². The lowest BCUT2D eigenvalue weighted by molar-refractivity contribution is -0.114. The Kier molecular flexibility index (Phi) is 6.16. The third-order valence-electron chi connectivity index (χ3n) is 3.11. The van der Waals surface area contributed by atoms with Gasteiger partial charge in [-0.15, -0.1) is 0 Å². The van der Waals surface area contributed by atoms with E-state index in [1.807, 2.05) is 0 Å². The van der Waals surface area contributed by atoms with Crippen LogP contribution in [0.4, 0.5) is 5.69 Å². The molecule has 0 aliphatic rings. The van der Waals surface area contributed by atoms with Gasteiger partial charge in [0.05, 0.1) is 4.90 Å². The number of hydrogen-bond acceptors (Lipinski definition) is 4. The number of carbonyl (C=O) groups excluding carboxylic acids is 1. The number of sulfone groups is 1. The molecule has 2 rings (SSSR count). The van der Waals surface area contributed by atoms with Crippen molar-refractivity contribution in [3.63, 3.8) is 0 Å². The van der Waals surface area contributed by atoms with Crippen molar-refractivity contribution < 1.29 is 13.2 Å². The molecule has 0 fully saturated rings. The van der Waals surface area contributed by atoms with Crippen LogP contribution in [-0.2, 0) is 14.6 Å². The highest BCUT2D eigenvalue weighted by molar-refractivity contribution is 9.11. The van der Waals surface area contributed by atoms with Crippen LogP contribution in [0.1, 0.15) is 12.5 Å². The lowest BCUT2D eigenvalue weighted by atomic mass is 10.2. The molecule has 0 atom stereocenters. The van der Waals surface area contributed by atoms with E-state index in [-0.39, 0.29) is 15.7 Å². The number of hydrogen-bond donors (Lipinski definition) is 1. The van der Waals surface area contributed by atoms with Gasteiger partial charge in [-0.2, -0.15) is 5.26 Å². The Morgan fingerprint density at radius 2 is 1.80 bits per heavy atom. The third-order valence-corrected chi connectivity index (χ3v) is 6.26. The fraction of sp³-hybridized carbons (Fsp3) is 0.0588. The monoisotopic (exact) mass is 482 g/mol.